The first-order valence-electron chi connectivity index (χ1n) is 13.9. The SMILES string of the molecule is CCOCCOc1cc2c(ccn2C(N)=O)cc1COc1ccnc(NC(=O)c2ccc(C3CN(CCO)C3)cc2)c1. The number of benzene rings is 2. The molecule has 4 N–H and O–H groups in total. The van der Waals surface area contributed by atoms with Crippen molar-refractivity contribution in [3.63, 3.8) is 0 Å². The van der Waals surface area contributed by atoms with Gasteiger partial charge < -0.3 is 30.4 Å². The van der Waals surface area contributed by atoms with Crippen molar-refractivity contribution in [2.45, 2.75) is 19.4 Å². The summed E-state index contributed by atoms with van der Waals surface area (Å²) >= 11 is 0. The number of primary amides is 1. The summed E-state index contributed by atoms with van der Waals surface area (Å²) in [6, 6.07) is 15.8. The zero-order valence-corrected chi connectivity index (χ0v) is 23.5. The molecule has 220 valence electrons. The van der Waals surface area contributed by atoms with E-state index in [0.29, 0.717) is 60.7 Å². The van der Waals surface area contributed by atoms with Gasteiger partial charge in [-0.25, -0.2) is 9.78 Å². The molecule has 2 aromatic carbocycles. The molecule has 11 nitrogen and oxygen atoms in total. The van der Waals surface area contributed by atoms with Crippen LogP contribution in [0.4, 0.5) is 10.6 Å². The molecule has 1 saturated heterocycles. The van der Waals surface area contributed by atoms with Crippen molar-refractivity contribution >= 4 is 28.7 Å². The van der Waals surface area contributed by atoms with Crippen LogP contribution in [-0.4, -0.2) is 77.6 Å². The highest BCUT2D eigenvalue weighted by Gasteiger charge is 2.27. The molecule has 0 spiro atoms. The number of ether oxygens (including phenoxy) is 3. The van der Waals surface area contributed by atoms with Gasteiger partial charge in [0, 0.05) is 73.2 Å². The predicted octanol–water partition coefficient (Wildman–Crippen LogP) is 3.60. The predicted molar refractivity (Wildman–Crippen MR) is 158 cm³/mol. The smallest absolute Gasteiger partial charge is 0.323 e. The van der Waals surface area contributed by atoms with Crippen molar-refractivity contribution in [1.82, 2.24) is 14.5 Å². The number of hydrogen-bond acceptors (Lipinski definition) is 8. The summed E-state index contributed by atoms with van der Waals surface area (Å²) in [7, 11) is 0. The molecular weight excluding hydrogens is 538 g/mol. The maximum Gasteiger partial charge on any atom is 0.323 e. The van der Waals surface area contributed by atoms with Crippen molar-refractivity contribution in [3.05, 3.63) is 83.7 Å². The maximum absolute atomic E-state index is 12.9. The average molecular weight is 574 g/mol. The fourth-order valence-electron chi connectivity index (χ4n) is 4.93. The Balaban J connectivity index is 1.23. The highest BCUT2D eigenvalue weighted by Crippen LogP contribution is 2.29. The summed E-state index contributed by atoms with van der Waals surface area (Å²) in [6.07, 6.45) is 3.19. The Morgan fingerprint density at radius 1 is 1.07 bits per heavy atom. The molecule has 1 fully saturated rings. The van der Waals surface area contributed by atoms with E-state index in [-0.39, 0.29) is 19.1 Å². The minimum Gasteiger partial charge on any atom is -0.491 e. The van der Waals surface area contributed by atoms with Gasteiger partial charge >= 0.3 is 6.03 Å². The van der Waals surface area contributed by atoms with E-state index in [2.05, 4.69) is 15.2 Å². The number of aliphatic hydroxyl groups is 1. The van der Waals surface area contributed by atoms with Gasteiger partial charge in [-0.2, -0.15) is 0 Å². The Hall–Kier alpha value is -4.45. The monoisotopic (exact) mass is 573 g/mol. The lowest BCUT2D eigenvalue weighted by Crippen LogP contribution is -2.46. The van der Waals surface area contributed by atoms with E-state index in [9.17, 15) is 9.59 Å². The van der Waals surface area contributed by atoms with E-state index in [1.165, 1.54) is 10.1 Å². The Labute approximate surface area is 243 Å². The van der Waals surface area contributed by atoms with Crippen LogP contribution in [0.3, 0.4) is 0 Å². The van der Waals surface area contributed by atoms with Crippen molar-refractivity contribution in [2.75, 3.05) is 51.4 Å². The molecule has 4 aromatic rings. The van der Waals surface area contributed by atoms with Crippen LogP contribution in [0.1, 0.15) is 34.3 Å². The topological polar surface area (TPSA) is 141 Å². The Morgan fingerprint density at radius 3 is 2.62 bits per heavy atom. The molecule has 0 saturated carbocycles. The van der Waals surface area contributed by atoms with Gasteiger partial charge in [-0.1, -0.05) is 12.1 Å². The van der Waals surface area contributed by atoms with E-state index in [1.54, 1.807) is 36.7 Å². The van der Waals surface area contributed by atoms with Crippen molar-refractivity contribution in [3.8, 4) is 11.5 Å². The molecule has 2 amide bonds. The zero-order chi connectivity index (χ0) is 29.5. The van der Waals surface area contributed by atoms with Gasteiger partial charge in [-0.05, 0) is 42.8 Å². The second kappa shape index (κ2) is 13.5. The van der Waals surface area contributed by atoms with Crippen LogP contribution in [-0.2, 0) is 11.3 Å². The van der Waals surface area contributed by atoms with Gasteiger partial charge in [0.15, 0.2) is 0 Å². The summed E-state index contributed by atoms with van der Waals surface area (Å²) in [6.45, 7) is 6.12. The molecule has 1 aliphatic heterocycles. The van der Waals surface area contributed by atoms with Gasteiger partial charge in [0.05, 0.1) is 18.7 Å². The lowest BCUT2D eigenvalue weighted by molar-refractivity contribution is 0.102. The number of nitrogens with one attached hydrogen (secondary N) is 1. The number of fused-ring (bicyclic) bond motifs is 1. The lowest BCUT2D eigenvalue weighted by atomic mass is 9.91. The molecule has 1 aliphatic rings. The van der Waals surface area contributed by atoms with E-state index in [4.69, 9.17) is 25.1 Å². The first-order valence-corrected chi connectivity index (χ1v) is 13.9. The van der Waals surface area contributed by atoms with Crippen LogP contribution in [0, 0.1) is 0 Å². The molecule has 11 heteroatoms. The Morgan fingerprint density at radius 2 is 1.88 bits per heavy atom. The number of nitrogens with two attached hydrogens (primary N) is 1. The third-order valence-electron chi connectivity index (χ3n) is 7.18. The van der Waals surface area contributed by atoms with Crippen LogP contribution in [0.5, 0.6) is 11.5 Å². The molecule has 42 heavy (non-hydrogen) atoms. The molecule has 0 unspecified atom stereocenters. The van der Waals surface area contributed by atoms with Crippen LogP contribution in [0.25, 0.3) is 10.9 Å². The summed E-state index contributed by atoms with van der Waals surface area (Å²) in [4.78, 5) is 31.2. The van der Waals surface area contributed by atoms with Crippen molar-refractivity contribution in [2.24, 2.45) is 5.73 Å². The molecule has 0 aliphatic carbocycles. The Bertz CT molecular complexity index is 1530. The fraction of sp³-hybridized carbons (Fsp3) is 0.323. The third-order valence-corrected chi connectivity index (χ3v) is 7.18. The standard InChI is InChI=1S/C31H35N5O6/c1-2-40-13-14-41-28-17-27-23(8-10-36(27)31(32)39)15-24(28)20-42-26-7-9-33-29(16-26)34-30(38)22-5-3-21(4-6-22)25-18-35(19-25)11-12-37/h3-10,15-17,25,37H,2,11-14,18-20H2,1H3,(H2,32,39)(H,33,34,38). The number of likely N-dealkylation sites (tertiary alicyclic amines) is 1. The first-order chi connectivity index (χ1) is 20.4. The number of rotatable bonds is 13. The van der Waals surface area contributed by atoms with Crippen LogP contribution in [0.2, 0.25) is 0 Å². The number of carbonyl (C=O) groups is 2. The van der Waals surface area contributed by atoms with Crippen LogP contribution < -0.4 is 20.5 Å². The van der Waals surface area contributed by atoms with Crippen LogP contribution >= 0.6 is 0 Å². The van der Waals surface area contributed by atoms with Crippen molar-refractivity contribution in [1.29, 1.82) is 0 Å². The van der Waals surface area contributed by atoms with E-state index >= 15 is 0 Å². The number of β-amino-alcohol motifs (C(OH)–C–C–N with tert-alkyl or cyclic N) is 1. The van der Waals surface area contributed by atoms with Gasteiger partial charge in [-0.3, -0.25) is 14.3 Å². The summed E-state index contributed by atoms with van der Waals surface area (Å²) in [5, 5.41) is 12.7. The number of amides is 2. The number of hydrogen-bond donors (Lipinski definition) is 3. The summed E-state index contributed by atoms with van der Waals surface area (Å²) in [5.74, 6) is 1.59. The van der Waals surface area contributed by atoms with E-state index < -0.39 is 6.03 Å². The second-order valence-corrected chi connectivity index (χ2v) is 10.0. The fourth-order valence-corrected chi connectivity index (χ4v) is 4.93. The second-order valence-electron chi connectivity index (χ2n) is 10.0. The lowest BCUT2D eigenvalue weighted by Gasteiger charge is -2.39. The molecule has 3 heterocycles. The molecule has 0 bridgehead atoms. The number of pyridine rings is 1. The van der Waals surface area contributed by atoms with E-state index in [1.807, 2.05) is 37.3 Å². The van der Waals surface area contributed by atoms with Gasteiger partial charge in [-0.15, -0.1) is 0 Å². The quantitative estimate of drug-likeness (QED) is 0.206. The van der Waals surface area contributed by atoms with Crippen molar-refractivity contribution < 1.29 is 28.9 Å². The van der Waals surface area contributed by atoms with Gasteiger partial charge in [0.1, 0.15) is 30.5 Å². The Kier molecular flexibility index (Phi) is 9.32. The number of aliphatic hydroxyl groups excluding tert-OH is 1. The van der Waals surface area contributed by atoms with Gasteiger partial charge in [0.25, 0.3) is 5.91 Å². The number of aromatic nitrogens is 2. The van der Waals surface area contributed by atoms with Gasteiger partial charge in [0.2, 0.25) is 0 Å². The highest BCUT2D eigenvalue weighted by molar-refractivity contribution is 6.03. The minimum atomic E-state index is -0.583. The first kappa shape index (κ1) is 29.1. The third kappa shape index (κ3) is 6.88. The highest BCUT2D eigenvalue weighted by atomic mass is 16.5. The normalized spacial score (nSPS) is 13.6. The average Bonchev–Trinajstić information content (AvgIpc) is 3.39. The molecule has 0 atom stereocenters. The summed E-state index contributed by atoms with van der Waals surface area (Å²) < 4.78 is 18.8. The molecular formula is C31H35N5O6. The zero-order valence-electron chi connectivity index (χ0n) is 23.5. The van der Waals surface area contributed by atoms with E-state index in [0.717, 1.165) is 24.0 Å². The molecule has 2 aromatic heterocycles. The number of nitrogens with zero attached hydrogens (tertiary/aromatic N) is 3. The largest absolute Gasteiger partial charge is 0.491 e. The molecule has 0 radical (unpaired) electrons. The van der Waals surface area contributed by atoms with Crippen LogP contribution in [0.15, 0.2) is 67.0 Å². The minimum absolute atomic E-state index is 0.166. The summed E-state index contributed by atoms with van der Waals surface area (Å²) in [5.41, 5.74) is 8.63. The number of anilines is 1. The maximum atomic E-state index is 12.9. The number of carbonyl (C=O) groups excluding carboxylic acids is 2. The molecule has 5 rings (SSSR count).